The summed E-state index contributed by atoms with van der Waals surface area (Å²) in [6.07, 6.45) is 4.91. The van der Waals surface area contributed by atoms with Crippen LogP contribution in [0.4, 0.5) is 0 Å². The molecule has 1 unspecified atom stereocenters. The predicted molar refractivity (Wildman–Crippen MR) is 63.4 cm³/mol. The Hall–Kier alpha value is -0.410. The van der Waals surface area contributed by atoms with E-state index in [0.29, 0.717) is 24.3 Å². The molecule has 0 saturated heterocycles. The molecule has 1 atom stereocenters. The first kappa shape index (κ1) is 12.1. The predicted octanol–water partition coefficient (Wildman–Crippen LogP) is 1.71. The summed E-state index contributed by atoms with van der Waals surface area (Å²) in [5, 5.41) is 0. The Balaban J connectivity index is 1.81. The smallest absolute Gasteiger partial charge is 0.149 e. The first-order valence-electron chi connectivity index (χ1n) is 6.48. The van der Waals surface area contributed by atoms with Crippen LogP contribution in [-0.4, -0.2) is 43.5 Å². The molecule has 2 rings (SSSR count). The quantitative estimate of drug-likeness (QED) is 0.630. The van der Waals surface area contributed by atoms with Crippen LogP contribution in [0.25, 0.3) is 0 Å². The molecule has 0 heterocycles. The van der Waals surface area contributed by atoms with Crippen molar-refractivity contribution in [3.63, 3.8) is 0 Å². The minimum atomic E-state index is 0.386. The maximum absolute atomic E-state index is 11.8. The molecule has 2 saturated carbocycles. The van der Waals surface area contributed by atoms with Crippen molar-refractivity contribution in [2.45, 2.75) is 38.6 Å². The number of carbonyl (C=O) groups excluding carboxylic acids is 1. The van der Waals surface area contributed by atoms with Gasteiger partial charge in [-0.05, 0) is 38.5 Å². The zero-order valence-electron chi connectivity index (χ0n) is 10.4. The van der Waals surface area contributed by atoms with Gasteiger partial charge in [-0.3, -0.25) is 9.69 Å². The van der Waals surface area contributed by atoms with E-state index < -0.39 is 0 Å². The summed E-state index contributed by atoms with van der Waals surface area (Å²) in [5.41, 5.74) is 0. The highest BCUT2D eigenvalue weighted by molar-refractivity contribution is 5.85. The van der Waals surface area contributed by atoms with Gasteiger partial charge in [0.2, 0.25) is 0 Å². The van der Waals surface area contributed by atoms with E-state index >= 15 is 0 Å². The highest BCUT2D eigenvalue weighted by Crippen LogP contribution is 2.36. The van der Waals surface area contributed by atoms with Gasteiger partial charge in [-0.25, -0.2) is 0 Å². The van der Waals surface area contributed by atoms with Gasteiger partial charge >= 0.3 is 0 Å². The number of nitrogens with zero attached hydrogens (tertiary/aromatic N) is 1. The lowest BCUT2D eigenvalue weighted by atomic mass is 10.1. The van der Waals surface area contributed by atoms with Crippen molar-refractivity contribution in [1.82, 2.24) is 4.90 Å². The van der Waals surface area contributed by atoms with Gasteiger partial charge in [-0.1, -0.05) is 0 Å². The van der Waals surface area contributed by atoms with Crippen LogP contribution >= 0.6 is 0 Å². The lowest BCUT2D eigenvalue weighted by molar-refractivity contribution is -0.122. The average Bonchev–Trinajstić information content (AvgIpc) is 3.15. The fraction of sp³-hybridized carbons (Fsp3) is 0.923. The van der Waals surface area contributed by atoms with Crippen LogP contribution in [-0.2, 0) is 9.53 Å². The summed E-state index contributed by atoms with van der Waals surface area (Å²) < 4.78 is 5.13. The van der Waals surface area contributed by atoms with Crippen molar-refractivity contribution in [2.24, 2.45) is 11.8 Å². The molecule has 2 fully saturated rings. The second-order valence-electron chi connectivity index (χ2n) is 5.28. The van der Waals surface area contributed by atoms with Gasteiger partial charge in [-0.15, -0.1) is 0 Å². The zero-order valence-corrected chi connectivity index (χ0v) is 10.4. The molecule has 0 amide bonds. The molecule has 3 nitrogen and oxygen atoms in total. The molecule has 0 N–H and O–H groups in total. The Morgan fingerprint density at radius 3 is 2.56 bits per heavy atom. The van der Waals surface area contributed by atoms with E-state index in [2.05, 4.69) is 11.8 Å². The Morgan fingerprint density at radius 2 is 2.06 bits per heavy atom. The van der Waals surface area contributed by atoms with Gasteiger partial charge in [0.05, 0.1) is 13.2 Å². The molecule has 92 valence electrons. The summed E-state index contributed by atoms with van der Waals surface area (Å²) >= 11 is 0. The number of hydrogen-bond acceptors (Lipinski definition) is 3. The highest BCUT2D eigenvalue weighted by Gasteiger charge is 2.35. The molecule has 2 aliphatic carbocycles. The SMILES string of the molecule is COCCN(CC(=O)C1CC1)C(C)C1CC1. The topological polar surface area (TPSA) is 29.5 Å². The van der Waals surface area contributed by atoms with E-state index in [1.54, 1.807) is 7.11 Å². The zero-order chi connectivity index (χ0) is 11.5. The fourth-order valence-electron chi connectivity index (χ4n) is 2.25. The minimum absolute atomic E-state index is 0.386. The first-order chi connectivity index (χ1) is 7.72. The molecule has 0 aromatic carbocycles. The molecule has 16 heavy (non-hydrogen) atoms. The lowest BCUT2D eigenvalue weighted by Gasteiger charge is -2.28. The van der Waals surface area contributed by atoms with Crippen LogP contribution in [0.2, 0.25) is 0 Å². The number of Topliss-reactive ketones (excluding diaryl/α,β-unsaturated/α-hetero) is 1. The van der Waals surface area contributed by atoms with Gasteiger partial charge in [0.15, 0.2) is 0 Å². The van der Waals surface area contributed by atoms with Crippen LogP contribution in [0.1, 0.15) is 32.6 Å². The highest BCUT2D eigenvalue weighted by atomic mass is 16.5. The molecule has 0 radical (unpaired) electrons. The van der Waals surface area contributed by atoms with Crippen molar-refractivity contribution in [1.29, 1.82) is 0 Å². The first-order valence-corrected chi connectivity index (χ1v) is 6.48. The fourth-order valence-corrected chi connectivity index (χ4v) is 2.25. The van der Waals surface area contributed by atoms with Crippen LogP contribution < -0.4 is 0 Å². The molecule has 0 bridgehead atoms. The van der Waals surface area contributed by atoms with Crippen molar-refractivity contribution in [3.8, 4) is 0 Å². The molecular formula is C13H23NO2. The maximum atomic E-state index is 11.8. The molecule has 0 aromatic heterocycles. The molecular weight excluding hydrogens is 202 g/mol. The van der Waals surface area contributed by atoms with Crippen LogP contribution in [0, 0.1) is 11.8 Å². The summed E-state index contributed by atoms with van der Waals surface area (Å²) in [7, 11) is 1.72. The number of carbonyl (C=O) groups is 1. The number of rotatable bonds is 8. The van der Waals surface area contributed by atoms with Gasteiger partial charge < -0.3 is 4.74 Å². The number of hydrogen-bond donors (Lipinski definition) is 0. The third-order valence-electron chi connectivity index (χ3n) is 3.85. The summed E-state index contributed by atoms with van der Waals surface area (Å²) in [5.74, 6) is 1.66. The second kappa shape index (κ2) is 5.28. The van der Waals surface area contributed by atoms with E-state index in [1.165, 1.54) is 12.8 Å². The molecule has 2 aliphatic rings. The van der Waals surface area contributed by atoms with Gasteiger partial charge in [0, 0.05) is 25.6 Å². The molecule has 3 heteroatoms. The Kier molecular flexibility index (Phi) is 3.98. The third kappa shape index (κ3) is 3.29. The van der Waals surface area contributed by atoms with Crippen molar-refractivity contribution in [2.75, 3.05) is 26.8 Å². The van der Waals surface area contributed by atoms with Crippen molar-refractivity contribution >= 4 is 5.78 Å². The standard InChI is InChI=1S/C13H23NO2/c1-10(11-3-4-11)14(7-8-16-2)9-13(15)12-5-6-12/h10-12H,3-9H2,1-2H3. The summed E-state index contributed by atoms with van der Waals surface area (Å²) in [4.78, 5) is 14.2. The lowest BCUT2D eigenvalue weighted by Crippen LogP contribution is -2.41. The maximum Gasteiger partial charge on any atom is 0.149 e. The third-order valence-corrected chi connectivity index (χ3v) is 3.85. The normalized spacial score (nSPS) is 22.4. The van der Waals surface area contributed by atoms with Gasteiger partial charge in [0.1, 0.15) is 5.78 Å². The number of ketones is 1. The second-order valence-corrected chi connectivity index (χ2v) is 5.28. The summed E-state index contributed by atoms with van der Waals surface area (Å²) in [6.45, 7) is 4.53. The van der Waals surface area contributed by atoms with Crippen LogP contribution in [0.3, 0.4) is 0 Å². The van der Waals surface area contributed by atoms with Gasteiger partial charge in [0.25, 0.3) is 0 Å². The monoisotopic (exact) mass is 225 g/mol. The van der Waals surface area contributed by atoms with Crippen molar-refractivity contribution in [3.05, 3.63) is 0 Å². The van der Waals surface area contributed by atoms with E-state index in [9.17, 15) is 4.79 Å². The van der Waals surface area contributed by atoms with Crippen LogP contribution in [0.5, 0.6) is 0 Å². The molecule has 0 spiro atoms. The Morgan fingerprint density at radius 1 is 1.38 bits per heavy atom. The average molecular weight is 225 g/mol. The Bertz CT molecular complexity index is 246. The minimum Gasteiger partial charge on any atom is -0.383 e. The van der Waals surface area contributed by atoms with Gasteiger partial charge in [-0.2, -0.15) is 0 Å². The van der Waals surface area contributed by atoms with E-state index in [-0.39, 0.29) is 0 Å². The van der Waals surface area contributed by atoms with Crippen LogP contribution in [0.15, 0.2) is 0 Å². The largest absolute Gasteiger partial charge is 0.383 e. The molecule has 0 aromatic rings. The number of ether oxygens (including phenoxy) is 1. The van der Waals surface area contributed by atoms with Crippen molar-refractivity contribution < 1.29 is 9.53 Å². The summed E-state index contributed by atoms with van der Waals surface area (Å²) in [6, 6.07) is 0.554. The van der Waals surface area contributed by atoms with E-state index in [4.69, 9.17) is 4.74 Å². The van der Waals surface area contributed by atoms with E-state index in [0.717, 1.165) is 31.9 Å². The number of methoxy groups -OCH3 is 1. The van der Waals surface area contributed by atoms with E-state index in [1.807, 2.05) is 0 Å². The molecule has 0 aliphatic heterocycles. The Labute approximate surface area is 98.1 Å².